The average molecular weight is 555 g/mol. The Bertz CT molecular complexity index is 1540. The first-order chi connectivity index (χ1) is 18.7. The van der Waals surface area contributed by atoms with Crippen LogP contribution in [0.2, 0.25) is 5.02 Å². The summed E-state index contributed by atoms with van der Waals surface area (Å²) in [5.74, 6) is 0.185. The van der Waals surface area contributed by atoms with E-state index in [9.17, 15) is 18.4 Å². The van der Waals surface area contributed by atoms with Crippen LogP contribution >= 0.6 is 11.6 Å². The van der Waals surface area contributed by atoms with Crippen LogP contribution in [0.4, 0.5) is 14.5 Å². The van der Waals surface area contributed by atoms with Crippen LogP contribution < -0.4 is 15.9 Å². The maximum Gasteiger partial charge on any atom is 0.334 e. The zero-order valence-corrected chi connectivity index (χ0v) is 22.4. The fraction of sp³-hybridized carbons (Fsp3) is 0.357. The first-order valence-electron chi connectivity index (χ1n) is 12.8. The summed E-state index contributed by atoms with van der Waals surface area (Å²) in [5, 5.41) is 2.99. The number of amides is 1. The number of benzene rings is 1. The summed E-state index contributed by atoms with van der Waals surface area (Å²) in [6.45, 7) is 0.538. The molecule has 0 spiro atoms. The van der Waals surface area contributed by atoms with E-state index in [1.807, 2.05) is 55.4 Å². The molecule has 0 atom stereocenters. The number of alkyl halides is 2. The van der Waals surface area contributed by atoms with Gasteiger partial charge in [-0.3, -0.25) is 14.3 Å². The minimum absolute atomic E-state index is 0.127. The largest absolute Gasteiger partial charge is 0.376 e. The van der Waals surface area contributed by atoms with Gasteiger partial charge in [0.05, 0.1) is 33.5 Å². The molecule has 1 fully saturated rings. The first-order valence-corrected chi connectivity index (χ1v) is 13.2. The Labute approximate surface area is 229 Å². The van der Waals surface area contributed by atoms with Gasteiger partial charge in [0.25, 0.3) is 12.3 Å². The van der Waals surface area contributed by atoms with E-state index in [0.29, 0.717) is 25.2 Å². The highest BCUT2D eigenvalue weighted by Crippen LogP contribution is 2.29. The molecule has 3 aromatic heterocycles. The highest BCUT2D eigenvalue weighted by molar-refractivity contribution is 6.30. The zero-order chi connectivity index (χ0) is 27.7. The molecule has 1 aliphatic carbocycles. The zero-order valence-electron chi connectivity index (χ0n) is 21.7. The maximum atomic E-state index is 13.6. The first kappa shape index (κ1) is 26.8. The molecule has 0 radical (unpaired) electrons. The SMILES string of the molecule is CN(C)c1ccc(-n2c(=O)n(CC3CCC(NC(=O)c4cc(Cl)cnc4C(F)F)CC3)c3ccccc32)nc1. The van der Waals surface area contributed by atoms with Crippen LogP contribution in [0.3, 0.4) is 0 Å². The Hall–Kier alpha value is -3.79. The Morgan fingerprint density at radius 3 is 2.44 bits per heavy atom. The molecule has 0 saturated heterocycles. The second-order valence-corrected chi connectivity index (χ2v) is 10.5. The smallest absolute Gasteiger partial charge is 0.334 e. The lowest BCUT2D eigenvalue weighted by molar-refractivity contribution is 0.0904. The fourth-order valence-corrected chi connectivity index (χ4v) is 5.36. The number of nitrogens with one attached hydrogen (secondary N) is 1. The molecular formula is C28H29ClF2N6O2. The number of pyridine rings is 2. The number of nitrogens with zero attached hydrogens (tertiary/aromatic N) is 5. The fourth-order valence-electron chi connectivity index (χ4n) is 5.20. The third-order valence-corrected chi connectivity index (χ3v) is 7.48. The molecule has 0 unspecified atom stereocenters. The van der Waals surface area contributed by atoms with E-state index >= 15 is 0 Å². The summed E-state index contributed by atoms with van der Waals surface area (Å²) in [5.41, 5.74) is 1.64. The summed E-state index contributed by atoms with van der Waals surface area (Å²) < 4.78 is 30.1. The van der Waals surface area contributed by atoms with Gasteiger partial charge >= 0.3 is 5.69 Å². The second-order valence-electron chi connectivity index (χ2n) is 10.1. The van der Waals surface area contributed by atoms with E-state index in [4.69, 9.17) is 11.6 Å². The van der Waals surface area contributed by atoms with Crippen molar-refractivity contribution < 1.29 is 13.6 Å². The standard InChI is InChI=1S/C28H29ClF2N6O2/c1-35(2)20-11-12-24(32-15-20)37-23-6-4-3-5-22(23)36(28(37)39)16-17-7-9-19(10-8-17)34-27(38)21-13-18(29)14-33-25(21)26(30)31/h3-6,11-15,17,19,26H,7-10,16H2,1-2H3,(H,34,38). The summed E-state index contributed by atoms with van der Waals surface area (Å²) in [6, 6.07) is 12.5. The molecule has 3 heterocycles. The normalized spacial score (nSPS) is 17.5. The predicted octanol–water partition coefficient (Wildman–Crippen LogP) is 5.23. The van der Waals surface area contributed by atoms with E-state index < -0.39 is 18.0 Å². The van der Waals surface area contributed by atoms with Crippen LogP contribution in [0.25, 0.3) is 16.9 Å². The molecule has 204 valence electrons. The molecular weight excluding hydrogens is 526 g/mol. The summed E-state index contributed by atoms with van der Waals surface area (Å²) >= 11 is 5.90. The van der Waals surface area contributed by atoms with Gasteiger partial charge in [-0.2, -0.15) is 0 Å². The predicted molar refractivity (Wildman–Crippen MR) is 147 cm³/mol. The van der Waals surface area contributed by atoms with Gasteiger partial charge in [0.1, 0.15) is 11.5 Å². The minimum atomic E-state index is -2.87. The number of carbonyl (C=O) groups excluding carboxylic acids is 1. The van der Waals surface area contributed by atoms with Gasteiger partial charge in [-0.1, -0.05) is 23.7 Å². The number of hydrogen-bond donors (Lipinski definition) is 1. The summed E-state index contributed by atoms with van der Waals surface area (Å²) in [7, 11) is 3.87. The number of hydrogen-bond acceptors (Lipinski definition) is 5. The van der Waals surface area contributed by atoms with Crippen LogP contribution in [0.15, 0.2) is 59.7 Å². The van der Waals surface area contributed by atoms with E-state index in [2.05, 4.69) is 15.3 Å². The van der Waals surface area contributed by atoms with Gasteiger partial charge in [-0.25, -0.2) is 23.1 Å². The number of aromatic nitrogens is 4. The van der Waals surface area contributed by atoms with Crippen molar-refractivity contribution >= 4 is 34.2 Å². The van der Waals surface area contributed by atoms with Crippen molar-refractivity contribution in [2.75, 3.05) is 19.0 Å². The van der Waals surface area contributed by atoms with Crippen molar-refractivity contribution in [3.05, 3.63) is 81.6 Å². The number of imidazole rings is 1. The third-order valence-electron chi connectivity index (χ3n) is 7.27. The van der Waals surface area contributed by atoms with Crippen molar-refractivity contribution in [1.29, 1.82) is 0 Å². The van der Waals surface area contributed by atoms with Crippen molar-refractivity contribution in [3.63, 3.8) is 0 Å². The van der Waals surface area contributed by atoms with Crippen molar-refractivity contribution in [2.45, 2.75) is 44.7 Å². The van der Waals surface area contributed by atoms with Crippen LogP contribution in [-0.4, -0.2) is 45.1 Å². The van der Waals surface area contributed by atoms with Crippen molar-refractivity contribution in [1.82, 2.24) is 24.4 Å². The number of para-hydroxylation sites is 2. The lowest BCUT2D eigenvalue weighted by atomic mass is 9.85. The Morgan fingerprint density at radius 1 is 1.08 bits per heavy atom. The summed E-state index contributed by atoms with van der Waals surface area (Å²) in [4.78, 5) is 36.5. The number of halogens is 3. The molecule has 8 nitrogen and oxygen atoms in total. The quantitative estimate of drug-likeness (QED) is 0.338. The van der Waals surface area contributed by atoms with Gasteiger partial charge < -0.3 is 10.2 Å². The van der Waals surface area contributed by atoms with Crippen LogP contribution in [0.1, 0.15) is 48.2 Å². The maximum absolute atomic E-state index is 13.6. The molecule has 1 saturated carbocycles. The van der Waals surface area contributed by atoms with E-state index in [0.717, 1.165) is 35.8 Å². The topological polar surface area (TPSA) is 85.0 Å². The van der Waals surface area contributed by atoms with E-state index in [1.165, 1.54) is 6.07 Å². The molecule has 5 rings (SSSR count). The third kappa shape index (κ3) is 5.52. The van der Waals surface area contributed by atoms with Gasteiger partial charge in [0, 0.05) is 32.9 Å². The van der Waals surface area contributed by atoms with Crippen molar-refractivity contribution in [2.24, 2.45) is 5.92 Å². The highest BCUT2D eigenvalue weighted by Gasteiger charge is 2.27. The summed E-state index contributed by atoms with van der Waals surface area (Å²) in [6.07, 6.45) is 2.89. The highest BCUT2D eigenvalue weighted by atomic mass is 35.5. The molecule has 1 amide bonds. The average Bonchev–Trinajstić information content (AvgIpc) is 3.20. The molecule has 11 heteroatoms. The van der Waals surface area contributed by atoms with Gasteiger partial charge in [-0.05, 0) is 61.9 Å². The Morgan fingerprint density at radius 2 is 1.79 bits per heavy atom. The molecule has 39 heavy (non-hydrogen) atoms. The molecule has 0 bridgehead atoms. The van der Waals surface area contributed by atoms with Crippen LogP contribution in [0.5, 0.6) is 0 Å². The van der Waals surface area contributed by atoms with Gasteiger partial charge in [0.2, 0.25) is 0 Å². The van der Waals surface area contributed by atoms with Crippen LogP contribution in [-0.2, 0) is 6.54 Å². The van der Waals surface area contributed by atoms with Gasteiger partial charge in [-0.15, -0.1) is 0 Å². The lowest BCUT2D eigenvalue weighted by Gasteiger charge is -2.29. The van der Waals surface area contributed by atoms with E-state index in [1.54, 1.807) is 15.3 Å². The molecule has 1 aromatic carbocycles. The second kappa shape index (κ2) is 11.1. The number of anilines is 1. The molecule has 1 aliphatic rings. The van der Waals surface area contributed by atoms with Crippen molar-refractivity contribution in [3.8, 4) is 5.82 Å². The number of fused-ring (bicyclic) bond motifs is 1. The molecule has 4 aromatic rings. The van der Waals surface area contributed by atoms with Crippen LogP contribution in [0, 0.1) is 5.92 Å². The minimum Gasteiger partial charge on any atom is -0.376 e. The number of rotatable bonds is 7. The Kier molecular flexibility index (Phi) is 7.65. The molecule has 0 aliphatic heterocycles. The monoisotopic (exact) mass is 554 g/mol. The van der Waals surface area contributed by atoms with E-state index in [-0.39, 0.29) is 28.2 Å². The number of carbonyl (C=O) groups is 1. The molecule has 1 N–H and O–H groups in total. The Balaban J connectivity index is 1.30. The van der Waals surface area contributed by atoms with Gasteiger partial charge in [0.15, 0.2) is 0 Å². The lowest BCUT2D eigenvalue weighted by Crippen LogP contribution is -2.39.